The molecule has 3 fully saturated rings. The number of fused-ring (bicyclic) bond motifs is 3. The number of hydrogen-bond acceptors (Lipinski definition) is 5. The lowest BCUT2D eigenvalue weighted by molar-refractivity contribution is -0.135. The van der Waals surface area contributed by atoms with Gasteiger partial charge in [0, 0.05) is 44.0 Å². The van der Waals surface area contributed by atoms with E-state index in [2.05, 4.69) is 52.6 Å². The molecule has 0 radical (unpaired) electrons. The number of piperidine rings is 3. The molecule has 0 spiro atoms. The Morgan fingerprint density at radius 3 is 2.31 bits per heavy atom. The molecular weight excluding hydrogens is 614 g/mol. The SMILES string of the molecule is CCc1ccc(C[C@@H](NC(=O)N2CCC(n3c(=O)[nH]c4c5ccccc5ncc43)CC2)C(=O)N2CCC(C3CCNCC3)CC2)cc1CC. The second kappa shape index (κ2) is 14.7. The van der Waals surface area contributed by atoms with Gasteiger partial charge in [0.25, 0.3) is 0 Å². The predicted octanol–water partition coefficient (Wildman–Crippen LogP) is 5.20. The molecule has 4 aromatic rings. The lowest BCUT2D eigenvalue weighted by Crippen LogP contribution is -2.55. The Balaban J connectivity index is 1.04. The van der Waals surface area contributed by atoms with Crippen molar-refractivity contribution in [2.75, 3.05) is 39.3 Å². The minimum atomic E-state index is -0.631. The Hall–Kier alpha value is -4.18. The molecule has 2 aromatic carbocycles. The normalized spacial score (nSPS) is 19.1. The molecule has 10 heteroatoms. The first kappa shape index (κ1) is 33.3. The fourth-order valence-electron chi connectivity index (χ4n) is 8.69. The highest BCUT2D eigenvalue weighted by Crippen LogP contribution is 2.32. The zero-order chi connectivity index (χ0) is 33.9. The fraction of sp³-hybridized carbons (Fsp3) is 0.538. The van der Waals surface area contributed by atoms with Gasteiger partial charge in [-0.3, -0.25) is 14.3 Å². The maximum absolute atomic E-state index is 14.2. The van der Waals surface area contributed by atoms with Crippen LogP contribution in [0.3, 0.4) is 0 Å². The fourth-order valence-corrected chi connectivity index (χ4v) is 8.69. The van der Waals surface area contributed by atoms with Gasteiger partial charge >= 0.3 is 11.7 Å². The van der Waals surface area contributed by atoms with E-state index in [1.54, 1.807) is 6.20 Å². The quantitative estimate of drug-likeness (QED) is 0.240. The molecule has 5 heterocycles. The number of nitrogens with one attached hydrogen (secondary N) is 3. The Labute approximate surface area is 288 Å². The topological polar surface area (TPSA) is 115 Å². The number of aryl methyl sites for hydroxylation is 2. The molecule has 3 N–H and O–H groups in total. The predicted molar refractivity (Wildman–Crippen MR) is 194 cm³/mol. The van der Waals surface area contributed by atoms with Crippen molar-refractivity contribution in [3.8, 4) is 0 Å². The average molecular weight is 666 g/mol. The number of para-hydroxylation sites is 1. The summed E-state index contributed by atoms with van der Waals surface area (Å²) in [5.74, 6) is 1.44. The lowest BCUT2D eigenvalue weighted by atomic mass is 9.79. The molecule has 260 valence electrons. The highest BCUT2D eigenvalue weighted by atomic mass is 16.2. The highest BCUT2D eigenvalue weighted by Gasteiger charge is 2.34. The average Bonchev–Trinajstić information content (AvgIpc) is 3.50. The smallest absolute Gasteiger partial charge is 0.326 e. The van der Waals surface area contributed by atoms with Crippen LogP contribution in [0, 0.1) is 11.8 Å². The summed E-state index contributed by atoms with van der Waals surface area (Å²) in [5, 5.41) is 7.59. The number of pyridine rings is 1. The van der Waals surface area contributed by atoms with Crippen molar-refractivity contribution in [2.45, 2.75) is 83.7 Å². The first-order valence-corrected chi connectivity index (χ1v) is 18.6. The van der Waals surface area contributed by atoms with Gasteiger partial charge in [-0.1, -0.05) is 50.2 Å². The molecule has 2 aromatic heterocycles. The van der Waals surface area contributed by atoms with E-state index in [1.165, 1.54) is 24.0 Å². The largest absolute Gasteiger partial charge is 0.341 e. The van der Waals surface area contributed by atoms with E-state index in [9.17, 15) is 14.4 Å². The maximum Gasteiger partial charge on any atom is 0.326 e. The summed E-state index contributed by atoms with van der Waals surface area (Å²) >= 11 is 0. The zero-order valence-corrected chi connectivity index (χ0v) is 29.0. The van der Waals surface area contributed by atoms with E-state index in [0.717, 1.165) is 85.3 Å². The van der Waals surface area contributed by atoms with Crippen LogP contribution in [0.15, 0.2) is 53.5 Å². The molecule has 0 saturated carbocycles. The van der Waals surface area contributed by atoms with Gasteiger partial charge in [0.05, 0.1) is 22.7 Å². The maximum atomic E-state index is 14.2. The Morgan fingerprint density at radius 2 is 1.57 bits per heavy atom. The van der Waals surface area contributed by atoms with Crippen LogP contribution in [0.25, 0.3) is 21.9 Å². The molecule has 49 heavy (non-hydrogen) atoms. The summed E-state index contributed by atoms with van der Waals surface area (Å²) in [6.45, 7) is 9.05. The van der Waals surface area contributed by atoms with Crippen molar-refractivity contribution in [1.82, 2.24) is 35.0 Å². The second-order valence-corrected chi connectivity index (χ2v) is 14.3. The molecule has 3 saturated heterocycles. The number of carbonyl (C=O) groups excluding carboxylic acids is 2. The molecular formula is C39H51N7O3. The van der Waals surface area contributed by atoms with Crippen LogP contribution in [-0.4, -0.2) is 81.6 Å². The van der Waals surface area contributed by atoms with Crippen LogP contribution in [-0.2, 0) is 24.1 Å². The van der Waals surface area contributed by atoms with E-state index in [1.807, 2.05) is 38.6 Å². The minimum absolute atomic E-state index is 0.0229. The van der Waals surface area contributed by atoms with E-state index >= 15 is 0 Å². The molecule has 0 unspecified atom stereocenters. The highest BCUT2D eigenvalue weighted by molar-refractivity contribution is 6.01. The second-order valence-electron chi connectivity index (χ2n) is 14.3. The van der Waals surface area contributed by atoms with Crippen LogP contribution >= 0.6 is 0 Å². The molecule has 3 aliphatic heterocycles. The number of urea groups is 1. The monoisotopic (exact) mass is 665 g/mol. The molecule has 1 atom stereocenters. The van der Waals surface area contributed by atoms with Crippen molar-refractivity contribution < 1.29 is 9.59 Å². The first-order chi connectivity index (χ1) is 23.9. The Kier molecular flexibility index (Phi) is 10.0. The summed E-state index contributed by atoms with van der Waals surface area (Å²) in [7, 11) is 0. The summed E-state index contributed by atoms with van der Waals surface area (Å²) in [4.78, 5) is 52.7. The Morgan fingerprint density at radius 1 is 0.878 bits per heavy atom. The standard InChI is InChI=1S/C39H51N7O3/c1-3-27-10-9-26(23-28(27)4-2)24-34(37(47)44-19-13-30(14-20-44)29-11-17-40-18-12-29)42-38(48)45-21-15-31(16-22-45)46-35-25-41-33-8-6-5-7-32(33)36(35)43-39(46)49/h5-10,23,25,29-31,34,40H,3-4,11-22,24H2,1-2H3,(H,42,48)(H,43,49)/t34-/m1/s1. The van der Waals surface area contributed by atoms with Crippen LogP contribution in [0.1, 0.15) is 75.1 Å². The van der Waals surface area contributed by atoms with Gasteiger partial charge in [-0.25, -0.2) is 9.59 Å². The number of aromatic nitrogens is 3. The Bertz CT molecular complexity index is 1840. The number of nitrogens with zero attached hydrogens (tertiary/aromatic N) is 4. The zero-order valence-electron chi connectivity index (χ0n) is 29.0. The van der Waals surface area contributed by atoms with Gasteiger partial charge in [0.15, 0.2) is 0 Å². The van der Waals surface area contributed by atoms with Crippen LogP contribution in [0.2, 0.25) is 0 Å². The molecule has 3 amide bonds. The number of rotatable bonds is 8. The van der Waals surface area contributed by atoms with Crippen LogP contribution in [0.5, 0.6) is 0 Å². The summed E-state index contributed by atoms with van der Waals surface area (Å²) in [6.07, 6.45) is 9.98. The molecule has 3 aliphatic rings. The number of H-pyrrole nitrogens is 1. The number of benzene rings is 2. The molecule has 10 nitrogen and oxygen atoms in total. The van der Waals surface area contributed by atoms with E-state index in [-0.39, 0.29) is 23.7 Å². The van der Waals surface area contributed by atoms with Crippen molar-refractivity contribution >= 4 is 33.9 Å². The number of amides is 3. The van der Waals surface area contributed by atoms with Crippen molar-refractivity contribution in [1.29, 1.82) is 0 Å². The first-order valence-electron chi connectivity index (χ1n) is 18.6. The van der Waals surface area contributed by atoms with E-state index < -0.39 is 6.04 Å². The molecule has 7 rings (SSSR count). The van der Waals surface area contributed by atoms with Crippen molar-refractivity contribution in [2.24, 2.45) is 11.8 Å². The van der Waals surface area contributed by atoms with Crippen molar-refractivity contribution in [3.63, 3.8) is 0 Å². The summed E-state index contributed by atoms with van der Waals surface area (Å²) < 4.78 is 1.81. The number of aromatic amines is 1. The minimum Gasteiger partial charge on any atom is -0.341 e. The third kappa shape index (κ3) is 6.98. The van der Waals surface area contributed by atoms with Crippen LogP contribution < -0.4 is 16.3 Å². The van der Waals surface area contributed by atoms with E-state index in [4.69, 9.17) is 0 Å². The van der Waals surface area contributed by atoms with Gasteiger partial charge in [-0.15, -0.1) is 0 Å². The molecule has 0 bridgehead atoms. The third-order valence-electron chi connectivity index (χ3n) is 11.6. The van der Waals surface area contributed by atoms with E-state index in [0.29, 0.717) is 38.3 Å². The van der Waals surface area contributed by atoms with Gasteiger partial charge in [-0.2, -0.15) is 0 Å². The third-order valence-corrected chi connectivity index (χ3v) is 11.6. The number of imidazole rings is 1. The van der Waals surface area contributed by atoms with Gasteiger partial charge in [-0.05, 0) is 99.0 Å². The van der Waals surface area contributed by atoms with Gasteiger partial charge in [0.1, 0.15) is 6.04 Å². The summed E-state index contributed by atoms with van der Waals surface area (Å²) in [5.41, 5.74) is 6.01. The van der Waals surface area contributed by atoms with Gasteiger partial charge < -0.3 is 25.4 Å². The number of likely N-dealkylation sites (tertiary alicyclic amines) is 2. The number of carbonyl (C=O) groups is 2. The summed E-state index contributed by atoms with van der Waals surface area (Å²) in [6, 6.07) is 13.5. The van der Waals surface area contributed by atoms with Gasteiger partial charge in [0.2, 0.25) is 5.91 Å². The number of hydrogen-bond donors (Lipinski definition) is 3. The van der Waals surface area contributed by atoms with Crippen molar-refractivity contribution in [3.05, 3.63) is 75.8 Å². The van der Waals surface area contributed by atoms with Crippen LogP contribution in [0.4, 0.5) is 4.79 Å². The lowest BCUT2D eigenvalue weighted by Gasteiger charge is -2.39. The molecule has 0 aliphatic carbocycles.